The van der Waals surface area contributed by atoms with E-state index in [1.54, 1.807) is 13.8 Å². The second-order valence-electron chi connectivity index (χ2n) is 4.45. The van der Waals surface area contributed by atoms with Crippen LogP contribution in [-0.4, -0.2) is 26.3 Å². The number of anilines is 1. The van der Waals surface area contributed by atoms with E-state index in [1.807, 2.05) is 6.07 Å². The van der Waals surface area contributed by atoms with Crippen LogP contribution in [0.3, 0.4) is 0 Å². The summed E-state index contributed by atoms with van der Waals surface area (Å²) in [5.74, 6) is -1.33. The molecule has 0 aliphatic carbocycles. The molecular weight excluding hydrogens is 269 g/mol. The highest BCUT2D eigenvalue weighted by molar-refractivity contribution is 7.89. The van der Waals surface area contributed by atoms with Crippen LogP contribution in [0.4, 0.5) is 10.1 Å². The number of nitrogens with zero attached hydrogens (tertiary/aromatic N) is 2. The zero-order valence-corrected chi connectivity index (χ0v) is 11.8. The number of nitrogen functional groups attached to an aromatic ring is 1. The number of halogens is 1. The predicted octanol–water partition coefficient (Wildman–Crippen LogP) is 1.50. The first-order valence-corrected chi connectivity index (χ1v) is 7.05. The van der Waals surface area contributed by atoms with Crippen LogP contribution in [0.15, 0.2) is 17.0 Å². The lowest BCUT2D eigenvalue weighted by Gasteiger charge is -2.19. The van der Waals surface area contributed by atoms with Crippen molar-refractivity contribution in [3.05, 3.63) is 23.5 Å². The molecule has 0 spiro atoms. The normalized spacial score (nSPS) is 13.3. The maximum atomic E-state index is 13.8. The van der Waals surface area contributed by atoms with Crippen LogP contribution in [0.25, 0.3) is 0 Å². The van der Waals surface area contributed by atoms with E-state index in [2.05, 4.69) is 0 Å². The zero-order chi connectivity index (χ0) is 14.8. The highest BCUT2D eigenvalue weighted by atomic mass is 32.2. The van der Waals surface area contributed by atoms with E-state index in [0.29, 0.717) is 5.56 Å². The van der Waals surface area contributed by atoms with Gasteiger partial charge in [-0.3, -0.25) is 0 Å². The molecule has 0 radical (unpaired) electrons. The highest BCUT2D eigenvalue weighted by Gasteiger charge is 2.26. The summed E-state index contributed by atoms with van der Waals surface area (Å²) in [4.78, 5) is -0.469. The lowest BCUT2D eigenvalue weighted by atomic mass is 10.2. The lowest BCUT2D eigenvalue weighted by molar-refractivity contribution is 0.434. The van der Waals surface area contributed by atoms with Gasteiger partial charge in [0, 0.05) is 19.3 Å². The van der Waals surface area contributed by atoms with Gasteiger partial charge in [-0.2, -0.15) is 9.57 Å². The summed E-state index contributed by atoms with van der Waals surface area (Å²) in [5, 5.41) is 8.69. The number of nitrogens with two attached hydrogens (primary N) is 1. The Morgan fingerprint density at radius 1 is 1.53 bits per heavy atom. The van der Waals surface area contributed by atoms with Crippen molar-refractivity contribution in [3.8, 4) is 6.07 Å². The van der Waals surface area contributed by atoms with Crippen molar-refractivity contribution in [3.63, 3.8) is 0 Å². The molecule has 1 unspecified atom stereocenters. The number of benzene rings is 1. The second-order valence-corrected chi connectivity index (χ2v) is 6.47. The summed E-state index contributed by atoms with van der Waals surface area (Å²) >= 11 is 0. The minimum Gasteiger partial charge on any atom is -0.398 e. The fourth-order valence-corrected chi connectivity index (χ4v) is 2.90. The predicted molar refractivity (Wildman–Crippen MR) is 70.1 cm³/mol. The van der Waals surface area contributed by atoms with E-state index >= 15 is 0 Å². The lowest BCUT2D eigenvalue weighted by Crippen LogP contribution is -2.31. The van der Waals surface area contributed by atoms with Crippen molar-refractivity contribution in [2.45, 2.75) is 18.7 Å². The van der Waals surface area contributed by atoms with Gasteiger partial charge < -0.3 is 5.73 Å². The van der Waals surface area contributed by atoms with Gasteiger partial charge >= 0.3 is 0 Å². The summed E-state index contributed by atoms with van der Waals surface area (Å²) in [5.41, 5.74) is 6.30. The first kappa shape index (κ1) is 15.4. The van der Waals surface area contributed by atoms with Crippen LogP contribution >= 0.6 is 0 Å². The van der Waals surface area contributed by atoms with Gasteiger partial charge in [-0.15, -0.1) is 0 Å². The standard InChI is InChI=1S/C12H16FN3O2S/c1-8(6-14)7-16(3)19(17,18)12-5-11(15)9(2)4-10(12)13/h4-5,8H,7,15H2,1-3H3. The molecule has 5 nitrogen and oxygen atoms in total. The molecule has 0 fully saturated rings. The van der Waals surface area contributed by atoms with Crippen molar-refractivity contribution in [1.29, 1.82) is 5.26 Å². The second kappa shape index (κ2) is 5.55. The first-order valence-electron chi connectivity index (χ1n) is 5.61. The van der Waals surface area contributed by atoms with Crippen LogP contribution in [0.1, 0.15) is 12.5 Å². The molecule has 1 atom stereocenters. The Labute approximate surface area is 112 Å². The molecule has 7 heteroatoms. The third-order valence-corrected chi connectivity index (χ3v) is 4.60. The Kier molecular flexibility index (Phi) is 4.50. The largest absolute Gasteiger partial charge is 0.398 e. The third kappa shape index (κ3) is 3.22. The minimum absolute atomic E-state index is 0.00788. The van der Waals surface area contributed by atoms with Gasteiger partial charge in [0.15, 0.2) is 0 Å². The van der Waals surface area contributed by atoms with Crippen molar-refractivity contribution >= 4 is 15.7 Å². The summed E-state index contributed by atoms with van der Waals surface area (Å²) < 4.78 is 39.1. The number of aryl methyl sites for hydroxylation is 1. The van der Waals surface area contributed by atoms with Gasteiger partial charge in [0.05, 0.1) is 12.0 Å². The molecule has 19 heavy (non-hydrogen) atoms. The highest BCUT2D eigenvalue weighted by Crippen LogP contribution is 2.24. The van der Waals surface area contributed by atoms with Crippen LogP contribution in [0.5, 0.6) is 0 Å². The van der Waals surface area contributed by atoms with Gasteiger partial charge in [-0.1, -0.05) is 0 Å². The summed E-state index contributed by atoms with van der Waals surface area (Å²) in [6, 6.07) is 4.12. The molecule has 0 aromatic heterocycles. The van der Waals surface area contributed by atoms with E-state index in [1.165, 1.54) is 7.05 Å². The van der Waals surface area contributed by atoms with Crippen LogP contribution < -0.4 is 5.73 Å². The van der Waals surface area contributed by atoms with Crippen molar-refractivity contribution in [1.82, 2.24) is 4.31 Å². The fraction of sp³-hybridized carbons (Fsp3) is 0.417. The monoisotopic (exact) mass is 285 g/mol. The molecule has 0 saturated heterocycles. The molecule has 1 aromatic carbocycles. The topological polar surface area (TPSA) is 87.2 Å². The molecule has 0 heterocycles. The van der Waals surface area contributed by atoms with Gasteiger partial charge in [-0.25, -0.2) is 12.8 Å². The average Bonchev–Trinajstić information content (AvgIpc) is 2.33. The smallest absolute Gasteiger partial charge is 0.245 e. The molecule has 0 aliphatic rings. The minimum atomic E-state index is -3.99. The van der Waals surface area contributed by atoms with E-state index in [4.69, 9.17) is 11.0 Å². The average molecular weight is 285 g/mol. The van der Waals surface area contributed by atoms with Crippen LogP contribution in [-0.2, 0) is 10.0 Å². The van der Waals surface area contributed by atoms with E-state index < -0.39 is 26.7 Å². The third-order valence-electron chi connectivity index (χ3n) is 2.76. The molecular formula is C12H16FN3O2S. The Morgan fingerprint density at radius 3 is 2.63 bits per heavy atom. The van der Waals surface area contributed by atoms with E-state index in [9.17, 15) is 12.8 Å². The number of nitriles is 1. The van der Waals surface area contributed by atoms with Gasteiger partial charge in [0.25, 0.3) is 0 Å². The summed E-state index contributed by atoms with van der Waals surface area (Å²) in [7, 11) is -2.68. The van der Waals surface area contributed by atoms with Gasteiger partial charge in [0.2, 0.25) is 10.0 Å². The maximum Gasteiger partial charge on any atom is 0.245 e. The maximum absolute atomic E-state index is 13.8. The number of sulfonamides is 1. The Morgan fingerprint density at radius 2 is 2.11 bits per heavy atom. The Bertz CT molecular complexity index is 623. The molecule has 0 aliphatic heterocycles. The van der Waals surface area contributed by atoms with Crippen LogP contribution in [0.2, 0.25) is 0 Å². The molecule has 104 valence electrons. The molecule has 0 saturated carbocycles. The van der Waals surface area contributed by atoms with Crippen molar-refractivity contribution < 1.29 is 12.8 Å². The van der Waals surface area contributed by atoms with E-state index in [0.717, 1.165) is 16.4 Å². The summed E-state index contributed by atoms with van der Waals surface area (Å²) in [6.07, 6.45) is 0. The number of rotatable bonds is 4. The van der Waals surface area contributed by atoms with Crippen LogP contribution in [0, 0.1) is 30.0 Å². The number of hydrogen-bond acceptors (Lipinski definition) is 4. The molecule has 2 N–H and O–H groups in total. The Balaban J connectivity index is 3.21. The van der Waals surface area contributed by atoms with Gasteiger partial charge in [-0.05, 0) is 31.5 Å². The summed E-state index contributed by atoms with van der Waals surface area (Å²) in [6.45, 7) is 3.17. The fourth-order valence-electron chi connectivity index (χ4n) is 1.56. The molecule has 1 aromatic rings. The molecule has 0 bridgehead atoms. The quantitative estimate of drug-likeness (QED) is 0.849. The SMILES string of the molecule is Cc1cc(F)c(S(=O)(=O)N(C)CC(C)C#N)cc1N. The van der Waals surface area contributed by atoms with Crippen molar-refractivity contribution in [2.24, 2.45) is 5.92 Å². The zero-order valence-electron chi connectivity index (χ0n) is 11.0. The van der Waals surface area contributed by atoms with E-state index in [-0.39, 0.29) is 12.2 Å². The number of hydrogen-bond donors (Lipinski definition) is 1. The first-order chi connectivity index (χ1) is 8.70. The molecule has 0 amide bonds. The molecule has 1 rings (SSSR count). The van der Waals surface area contributed by atoms with Crippen molar-refractivity contribution in [2.75, 3.05) is 19.3 Å². The van der Waals surface area contributed by atoms with Gasteiger partial charge in [0.1, 0.15) is 10.7 Å². The Hall–Kier alpha value is -1.65.